The average molecular weight is 363 g/mol. The predicted molar refractivity (Wildman–Crippen MR) is 105 cm³/mol. The first kappa shape index (κ1) is 17.1. The minimum Gasteiger partial charge on any atom is -0.507 e. The third kappa shape index (κ3) is 3.79. The second-order valence-corrected chi connectivity index (χ2v) is 6.64. The van der Waals surface area contributed by atoms with E-state index in [0.29, 0.717) is 5.76 Å². The third-order valence-corrected chi connectivity index (χ3v) is 4.75. The molecule has 0 unspecified atom stereocenters. The van der Waals surface area contributed by atoms with Crippen LogP contribution in [0.1, 0.15) is 35.4 Å². The van der Waals surface area contributed by atoms with Crippen LogP contribution in [0.25, 0.3) is 10.8 Å². The van der Waals surface area contributed by atoms with Gasteiger partial charge in [0.15, 0.2) is 5.88 Å². The molecule has 138 valence electrons. The fraction of sp³-hybridized carbons (Fsp3) is 0.238. The molecule has 3 aromatic rings. The summed E-state index contributed by atoms with van der Waals surface area (Å²) in [5.74, 6) is 0.845. The number of carbonyl (C=O) groups is 1. The molecule has 0 saturated carbocycles. The number of phenols is 1. The lowest BCUT2D eigenvalue weighted by Crippen LogP contribution is -2.28. The Morgan fingerprint density at radius 3 is 2.59 bits per heavy atom. The highest BCUT2D eigenvalue weighted by molar-refractivity contribution is 6.01. The van der Waals surface area contributed by atoms with Crippen LogP contribution in [0.2, 0.25) is 0 Å². The van der Waals surface area contributed by atoms with E-state index in [1.807, 2.05) is 36.4 Å². The van der Waals surface area contributed by atoms with Crippen molar-refractivity contribution in [2.75, 3.05) is 18.0 Å². The van der Waals surface area contributed by atoms with Crippen molar-refractivity contribution in [2.24, 2.45) is 5.10 Å². The zero-order chi connectivity index (χ0) is 18.6. The topological polar surface area (TPSA) is 78.1 Å². The van der Waals surface area contributed by atoms with Gasteiger partial charge in [-0.2, -0.15) is 5.10 Å². The smallest absolute Gasteiger partial charge is 0.275 e. The Kier molecular flexibility index (Phi) is 4.78. The molecular formula is C21H21N3O3. The number of aromatic hydroxyl groups is 1. The number of benzene rings is 2. The van der Waals surface area contributed by atoms with Crippen molar-refractivity contribution in [3.05, 3.63) is 59.9 Å². The SMILES string of the molecule is O=C(NN=Cc1ccc(N2CCCCC2)o1)c1cc2ccccc2cc1O. The number of nitrogens with one attached hydrogen (secondary N) is 1. The van der Waals surface area contributed by atoms with Crippen LogP contribution >= 0.6 is 0 Å². The molecule has 1 saturated heterocycles. The lowest BCUT2D eigenvalue weighted by atomic mass is 10.1. The first-order valence-electron chi connectivity index (χ1n) is 9.11. The number of hydrazone groups is 1. The molecule has 6 nitrogen and oxygen atoms in total. The summed E-state index contributed by atoms with van der Waals surface area (Å²) in [5.41, 5.74) is 2.62. The van der Waals surface area contributed by atoms with Crippen LogP contribution in [0.4, 0.5) is 5.88 Å². The van der Waals surface area contributed by atoms with E-state index in [1.54, 1.807) is 12.1 Å². The molecule has 2 N–H and O–H groups in total. The van der Waals surface area contributed by atoms with E-state index in [0.717, 1.165) is 29.7 Å². The van der Waals surface area contributed by atoms with E-state index >= 15 is 0 Å². The van der Waals surface area contributed by atoms with Gasteiger partial charge in [0.25, 0.3) is 5.91 Å². The van der Waals surface area contributed by atoms with Gasteiger partial charge in [-0.05, 0) is 48.2 Å². The molecule has 1 amide bonds. The largest absolute Gasteiger partial charge is 0.507 e. The zero-order valence-electron chi connectivity index (χ0n) is 14.9. The summed E-state index contributed by atoms with van der Waals surface area (Å²) in [6.07, 6.45) is 5.08. The molecule has 0 spiro atoms. The molecule has 0 atom stereocenters. The summed E-state index contributed by atoms with van der Waals surface area (Å²) in [5, 5.41) is 15.8. The van der Waals surface area contributed by atoms with E-state index < -0.39 is 5.91 Å². The van der Waals surface area contributed by atoms with Gasteiger partial charge in [0, 0.05) is 19.2 Å². The number of furan rings is 1. The Hall–Kier alpha value is -3.28. The highest BCUT2D eigenvalue weighted by Gasteiger charge is 2.14. The van der Waals surface area contributed by atoms with Crippen LogP contribution in [-0.4, -0.2) is 30.3 Å². The molecule has 6 heteroatoms. The molecule has 27 heavy (non-hydrogen) atoms. The van der Waals surface area contributed by atoms with Crippen molar-refractivity contribution >= 4 is 28.8 Å². The van der Waals surface area contributed by atoms with Crippen LogP contribution in [0.5, 0.6) is 5.75 Å². The first-order valence-corrected chi connectivity index (χ1v) is 9.11. The van der Waals surface area contributed by atoms with Gasteiger partial charge in [-0.15, -0.1) is 0 Å². The van der Waals surface area contributed by atoms with Gasteiger partial charge < -0.3 is 14.4 Å². The quantitative estimate of drug-likeness (QED) is 0.544. The van der Waals surface area contributed by atoms with Crippen molar-refractivity contribution < 1.29 is 14.3 Å². The summed E-state index contributed by atoms with van der Waals surface area (Å²) in [4.78, 5) is 14.5. The summed E-state index contributed by atoms with van der Waals surface area (Å²) in [7, 11) is 0. The monoisotopic (exact) mass is 363 g/mol. The van der Waals surface area contributed by atoms with Gasteiger partial charge in [-0.1, -0.05) is 24.3 Å². The summed E-state index contributed by atoms with van der Waals surface area (Å²) in [6.45, 7) is 2.00. The van der Waals surface area contributed by atoms with Crippen LogP contribution < -0.4 is 10.3 Å². The Balaban J connectivity index is 1.43. The maximum atomic E-state index is 12.3. The maximum Gasteiger partial charge on any atom is 0.275 e. The molecular weight excluding hydrogens is 342 g/mol. The molecule has 1 fully saturated rings. The van der Waals surface area contributed by atoms with Crippen molar-refractivity contribution in [3.8, 4) is 5.75 Å². The van der Waals surface area contributed by atoms with Gasteiger partial charge in [0.05, 0.1) is 11.8 Å². The number of fused-ring (bicyclic) bond motifs is 1. The van der Waals surface area contributed by atoms with Crippen molar-refractivity contribution in [1.82, 2.24) is 5.43 Å². The number of piperidine rings is 1. The van der Waals surface area contributed by atoms with Gasteiger partial charge in [-0.3, -0.25) is 4.79 Å². The lowest BCUT2D eigenvalue weighted by Gasteiger charge is -2.25. The number of anilines is 1. The summed E-state index contributed by atoms with van der Waals surface area (Å²) < 4.78 is 5.77. The Labute approximate surface area is 157 Å². The molecule has 4 rings (SSSR count). The number of carbonyl (C=O) groups excluding carboxylic acids is 1. The predicted octanol–water partition coefficient (Wildman–Crippen LogP) is 3.89. The molecule has 1 aliphatic heterocycles. The minimum atomic E-state index is -0.475. The third-order valence-electron chi connectivity index (χ3n) is 4.75. The van der Waals surface area contributed by atoms with E-state index in [9.17, 15) is 9.90 Å². The summed E-state index contributed by atoms with van der Waals surface area (Å²) >= 11 is 0. The van der Waals surface area contributed by atoms with Crippen LogP contribution in [0.15, 0.2) is 58.0 Å². The van der Waals surface area contributed by atoms with Gasteiger partial charge >= 0.3 is 0 Å². The van der Waals surface area contributed by atoms with E-state index in [1.165, 1.54) is 25.5 Å². The first-order chi connectivity index (χ1) is 13.2. The Bertz CT molecular complexity index is 987. The van der Waals surface area contributed by atoms with Crippen molar-refractivity contribution in [1.29, 1.82) is 0 Å². The fourth-order valence-electron chi connectivity index (χ4n) is 3.32. The van der Waals surface area contributed by atoms with Gasteiger partial charge in [0.2, 0.25) is 0 Å². The van der Waals surface area contributed by atoms with E-state index in [4.69, 9.17) is 4.42 Å². The molecule has 0 radical (unpaired) electrons. The van der Waals surface area contributed by atoms with Gasteiger partial charge in [-0.25, -0.2) is 5.43 Å². The maximum absolute atomic E-state index is 12.3. The van der Waals surface area contributed by atoms with Crippen LogP contribution in [-0.2, 0) is 0 Å². The number of rotatable bonds is 4. The second-order valence-electron chi connectivity index (χ2n) is 6.64. The highest BCUT2D eigenvalue weighted by atomic mass is 16.4. The lowest BCUT2D eigenvalue weighted by molar-refractivity contribution is 0.0952. The number of hydrogen-bond acceptors (Lipinski definition) is 5. The number of nitrogens with zero attached hydrogens (tertiary/aromatic N) is 2. The summed E-state index contributed by atoms with van der Waals surface area (Å²) in [6, 6.07) is 14.5. The van der Waals surface area contributed by atoms with E-state index in [2.05, 4.69) is 15.4 Å². The van der Waals surface area contributed by atoms with Crippen LogP contribution in [0.3, 0.4) is 0 Å². The van der Waals surface area contributed by atoms with Crippen molar-refractivity contribution in [2.45, 2.75) is 19.3 Å². The Morgan fingerprint density at radius 2 is 1.81 bits per heavy atom. The second kappa shape index (κ2) is 7.53. The number of amides is 1. The number of hydrogen-bond donors (Lipinski definition) is 2. The van der Waals surface area contributed by atoms with Gasteiger partial charge in [0.1, 0.15) is 11.5 Å². The fourth-order valence-corrected chi connectivity index (χ4v) is 3.32. The Morgan fingerprint density at radius 1 is 1.07 bits per heavy atom. The molecule has 0 aliphatic carbocycles. The van der Waals surface area contributed by atoms with Crippen molar-refractivity contribution in [3.63, 3.8) is 0 Å². The normalized spacial score (nSPS) is 14.7. The molecule has 1 aromatic heterocycles. The molecule has 1 aliphatic rings. The van der Waals surface area contributed by atoms with Crippen LogP contribution in [0, 0.1) is 0 Å². The zero-order valence-corrected chi connectivity index (χ0v) is 14.9. The molecule has 0 bridgehead atoms. The standard InChI is InChI=1S/C21H21N3O3/c25-19-13-16-7-3-2-6-15(16)12-18(19)21(26)23-22-14-17-8-9-20(27-17)24-10-4-1-5-11-24/h2-3,6-9,12-14,25H,1,4-5,10-11H2,(H,23,26). The average Bonchev–Trinajstić information content (AvgIpc) is 3.17. The highest BCUT2D eigenvalue weighted by Crippen LogP contribution is 2.25. The number of phenolic OH excluding ortho intramolecular Hbond substituents is 1. The molecule has 2 heterocycles. The van der Waals surface area contributed by atoms with E-state index in [-0.39, 0.29) is 11.3 Å². The minimum absolute atomic E-state index is 0.0771. The molecule has 2 aromatic carbocycles.